The summed E-state index contributed by atoms with van der Waals surface area (Å²) < 4.78 is 1.91. The largest absolute Gasteiger partial charge is 0.228 e. The zero-order valence-electron chi connectivity index (χ0n) is 11.1. The van der Waals surface area contributed by atoms with E-state index in [1.807, 2.05) is 47.8 Å². The fraction of sp³-hybridized carbons (Fsp3) is 0.0588. The molecule has 96 valence electrons. The van der Waals surface area contributed by atoms with Gasteiger partial charge in [0.05, 0.1) is 16.9 Å². The Morgan fingerprint density at radius 1 is 0.900 bits per heavy atom. The van der Waals surface area contributed by atoms with Crippen molar-refractivity contribution in [3.8, 4) is 11.3 Å². The highest BCUT2D eigenvalue weighted by Crippen LogP contribution is 2.27. The van der Waals surface area contributed by atoms with Crippen LogP contribution in [0.3, 0.4) is 0 Å². The summed E-state index contributed by atoms with van der Waals surface area (Å²) in [5.41, 5.74) is 5.09. The van der Waals surface area contributed by atoms with Gasteiger partial charge in [-0.25, -0.2) is 9.50 Å². The molecular formula is C17H13N3. The maximum atomic E-state index is 4.79. The molecule has 3 heteroatoms. The summed E-state index contributed by atoms with van der Waals surface area (Å²) in [5, 5.41) is 5.65. The molecule has 0 spiro atoms. The molecule has 0 N–H and O–H groups in total. The van der Waals surface area contributed by atoms with Crippen LogP contribution in [-0.4, -0.2) is 14.6 Å². The first-order chi connectivity index (χ1) is 9.83. The summed E-state index contributed by atoms with van der Waals surface area (Å²) in [6.07, 6.45) is 0. The lowest BCUT2D eigenvalue weighted by Crippen LogP contribution is -1.96. The summed E-state index contributed by atoms with van der Waals surface area (Å²) in [4.78, 5) is 4.79. The molecule has 0 radical (unpaired) electrons. The molecule has 0 aliphatic rings. The normalized spacial score (nSPS) is 11.2. The summed E-state index contributed by atoms with van der Waals surface area (Å²) >= 11 is 0. The van der Waals surface area contributed by atoms with Gasteiger partial charge in [0.1, 0.15) is 0 Å². The third kappa shape index (κ3) is 1.60. The van der Waals surface area contributed by atoms with Crippen molar-refractivity contribution in [1.29, 1.82) is 0 Å². The number of hydrogen-bond acceptors (Lipinski definition) is 2. The van der Waals surface area contributed by atoms with Gasteiger partial charge in [-0.3, -0.25) is 0 Å². The van der Waals surface area contributed by atoms with Gasteiger partial charge in [-0.1, -0.05) is 48.5 Å². The molecule has 0 saturated carbocycles. The lowest BCUT2D eigenvalue weighted by Gasteiger charge is -2.07. The quantitative estimate of drug-likeness (QED) is 0.519. The molecule has 2 aromatic heterocycles. The Morgan fingerprint density at radius 3 is 2.50 bits per heavy atom. The maximum Gasteiger partial charge on any atom is 0.156 e. The molecule has 0 aliphatic carbocycles. The van der Waals surface area contributed by atoms with Crippen LogP contribution in [0.15, 0.2) is 60.7 Å². The minimum absolute atomic E-state index is 0.889. The van der Waals surface area contributed by atoms with Gasteiger partial charge < -0.3 is 0 Å². The Hall–Kier alpha value is -2.68. The number of aromatic nitrogens is 3. The van der Waals surface area contributed by atoms with Gasteiger partial charge in [0, 0.05) is 17.0 Å². The predicted molar refractivity (Wildman–Crippen MR) is 80.7 cm³/mol. The Balaban J connectivity index is 2.18. The van der Waals surface area contributed by atoms with Crippen molar-refractivity contribution in [1.82, 2.24) is 14.6 Å². The SMILES string of the molecule is Cc1cc2nc(-c3ccccc3)c3ccccc3n2n1. The molecule has 2 aromatic carbocycles. The Bertz CT molecular complexity index is 907. The average molecular weight is 259 g/mol. The van der Waals surface area contributed by atoms with Crippen molar-refractivity contribution >= 4 is 16.6 Å². The highest BCUT2D eigenvalue weighted by atomic mass is 15.3. The number of benzene rings is 2. The Morgan fingerprint density at radius 2 is 1.65 bits per heavy atom. The van der Waals surface area contributed by atoms with Crippen LogP contribution in [-0.2, 0) is 0 Å². The maximum absolute atomic E-state index is 4.79. The molecule has 0 amide bonds. The summed E-state index contributed by atoms with van der Waals surface area (Å²) in [5.74, 6) is 0. The lowest BCUT2D eigenvalue weighted by atomic mass is 10.1. The number of rotatable bonds is 1. The van der Waals surface area contributed by atoms with E-state index in [4.69, 9.17) is 4.98 Å². The average Bonchev–Trinajstić information content (AvgIpc) is 2.88. The lowest BCUT2D eigenvalue weighted by molar-refractivity contribution is 0.957. The highest BCUT2D eigenvalue weighted by Gasteiger charge is 2.10. The van der Waals surface area contributed by atoms with Crippen molar-refractivity contribution in [3.63, 3.8) is 0 Å². The van der Waals surface area contributed by atoms with Gasteiger partial charge in [0.25, 0.3) is 0 Å². The van der Waals surface area contributed by atoms with Crippen molar-refractivity contribution in [3.05, 3.63) is 66.4 Å². The molecule has 4 rings (SSSR count). The van der Waals surface area contributed by atoms with Crippen molar-refractivity contribution in [2.24, 2.45) is 0 Å². The number of para-hydroxylation sites is 1. The van der Waals surface area contributed by atoms with Gasteiger partial charge in [0.2, 0.25) is 0 Å². The van der Waals surface area contributed by atoms with E-state index >= 15 is 0 Å². The molecule has 0 fully saturated rings. The number of aryl methyl sites for hydroxylation is 1. The molecule has 0 saturated heterocycles. The van der Waals surface area contributed by atoms with E-state index in [0.29, 0.717) is 0 Å². The van der Waals surface area contributed by atoms with Crippen molar-refractivity contribution < 1.29 is 0 Å². The number of nitrogens with zero attached hydrogens (tertiary/aromatic N) is 3. The fourth-order valence-corrected chi connectivity index (χ4v) is 2.59. The molecule has 2 heterocycles. The van der Waals surface area contributed by atoms with Crippen molar-refractivity contribution in [2.45, 2.75) is 6.92 Å². The third-order valence-electron chi connectivity index (χ3n) is 3.47. The zero-order chi connectivity index (χ0) is 13.5. The van der Waals surface area contributed by atoms with Crippen LogP contribution in [0.1, 0.15) is 5.69 Å². The minimum atomic E-state index is 0.889. The standard InChI is InChI=1S/C17H13N3/c1-12-11-16-18-17(13-7-3-2-4-8-13)14-9-5-6-10-15(14)20(16)19-12/h2-11H,1H3. The van der Waals surface area contributed by atoms with Gasteiger partial charge in [-0.05, 0) is 13.0 Å². The van der Waals surface area contributed by atoms with E-state index < -0.39 is 0 Å². The molecule has 0 unspecified atom stereocenters. The van der Waals surface area contributed by atoms with Crippen LogP contribution in [0.5, 0.6) is 0 Å². The monoisotopic (exact) mass is 259 g/mol. The molecule has 3 nitrogen and oxygen atoms in total. The smallest absolute Gasteiger partial charge is 0.156 e. The first-order valence-corrected chi connectivity index (χ1v) is 6.63. The topological polar surface area (TPSA) is 30.2 Å². The van der Waals surface area contributed by atoms with Crippen LogP contribution < -0.4 is 0 Å². The Labute approximate surface area is 116 Å². The second kappa shape index (κ2) is 4.17. The Kier molecular flexibility index (Phi) is 2.33. The van der Waals surface area contributed by atoms with Crippen LogP contribution >= 0.6 is 0 Å². The van der Waals surface area contributed by atoms with Crippen LogP contribution in [0, 0.1) is 6.92 Å². The number of fused-ring (bicyclic) bond motifs is 3. The van der Waals surface area contributed by atoms with E-state index in [1.54, 1.807) is 0 Å². The molecule has 0 bridgehead atoms. The zero-order valence-corrected chi connectivity index (χ0v) is 11.1. The van der Waals surface area contributed by atoms with Gasteiger partial charge in [-0.15, -0.1) is 0 Å². The molecule has 4 aromatic rings. The third-order valence-corrected chi connectivity index (χ3v) is 3.47. The van der Waals surface area contributed by atoms with E-state index in [1.165, 1.54) is 0 Å². The van der Waals surface area contributed by atoms with E-state index in [0.717, 1.165) is 33.5 Å². The van der Waals surface area contributed by atoms with E-state index in [2.05, 4.69) is 29.4 Å². The molecule has 0 atom stereocenters. The van der Waals surface area contributed by atoms with E-state index in [-0.39, 0.29) is 0 Å². The second-order valence-electron chi connectivity index (χ2n) is 4.90. The first kappa shape index (κ1) is 11.2. The van der Waals surface area contributed by atoms with Gasteiger partial charge in [0.15, 0.2) is 5.65 Å². The molecule has 0 aliphatic heterocycles. The highest BCUT2D eigenvalue weighted by molar-refractivity contribution is 5.94. The van der Waals surface area contributed by atoms with Crippen molar-refractivity contribution in [2.75, 3.05) is 0 Å². The second-order valence-corrected chi connectivity index (χ2v) is 4.90. The van der Waals surface area contributed by atoms with Crippen LogP contribution in [0.4, 0.5) is 0 Å². The summed E-state index contributed by atoms with van der Waals surface area (Å²) in [7, 11) is 0. The van der Waals surface area contributed by atoms with Crippen LogP contribution in [0.25, 0.3) is 27.8 Å². The minimum Gasteiger partial charge on any atom is -0.228 e. The van der Waals surface area contributed by atoms with Gasteiger partial charge in [-0.2, -0.15) is 5.10 Å². The van der Waals surface area contributed by atoms with Gasteiger partial charge >= 0.3 is 0 Å². The summed E-state index contributed by atoms with van der Waals surface area (Å²) in [6.45, 7) is 1.99. The van der Waals surface area contributed by atoms with E-state index in [9.17, 15) is 0 Å². The molecular weight excluding hydrogens is 246 g/mol. The predicted octanol–water partition coefficient (Wildman–Crippen LogP) is 3.86. The fourth-order valence-electron chi connectivity index (χ4n) is 2.59. The van der Waals surface area contributed by atoms with Crippen LogP contribution in [0.2, 0.25) is 0 Å². The molecule has 20 heavy (non-hydrogen) atoms. The summed E-state index contributed by atoms with van der Waals surface area (Å²) in [6, 6.07) is 20.6. The first-order valence-electron chi connectivity index (χ1n) is 6.63. The number of hydrogen-bond donors (Lipinski definition) is 0.